The first-order chi connectivity index (χ1) is 4.76. The molecule has 0 aliphatic rings. The van der Waals surface area contributed by atoms with E-state index in [0.29, 0.717) is 0 Å². The van der Waals surface area contributed by atoms with Gasteiger partial charge in [-0.05, 0) is 15.9 Å². The number of halogens is 3. The molecule has 5 heteroatoms. The van der Waals surface area contributed by atoms with Crippen molar-refractivity contribution in [3.8, 4) is 0 Å². The zero-order valence-electron chi connectivity index (χ0n) is 6.27. The van der Waals surface area contributed by atoms with Gasteiger partial charge < -0.3 is 5.73 Å². The number of hydrogen-bond acceptors (Lipinski definition) is 1. The Morgan fingerprint density at radius 1 is 1.55 bits per heavy atom. The van der Waals surface area contributed by atoms with Gasteiger partial charge in [0.25, 0.3) is 0 Å². The molecule has 1 amide bonds. The number of amides is 1. The molecule has 2 N–H and O–H groups in total. The molecule has 0 fully saturated rings. The van der Waals surface area contributed by atoms with Crippen molar-refractivity contribution in [2.75, 3.05) is 0 Å². The van der Waals surface area contributed by atoms with E-state index in [1.165, 1.54) is 13.8 Å². The van der Waals surface area contributed by atoms with E-state index < -0.39 is 22.6 Å². The quantitative estimate of drug-likeness (QED) is 0.737. The van der Waals surface area contributed by atoms with Crippen molar-refractivity contribution < 1.29 is 13.6 Å². The van der Waals surface area contributed by atoms with Gasteiger partial charge in [0.05, 0.1) is 0 Å². The highest BCUT2D eigenvalue weighted by Crippen LogP contribution is 2.35. The van der Waals surface area contributed by atoms with E-state index in [1.54, 1.807) is 0 Å². The molecule has 2 atom stereocenters. The summed E-state index contributed by atoms with van der Waals surface area (Å²) in [7, 11) is 0. The van der Waals surface area contributed by atoms with Crippen LogP contribution in [-0.2, 0) is 4.79 Å². The maximum absolute atomic E-state index is 12.4. The number of carbonyl (C=O) groups excluding carboxylic acids is 1. The van der Waals surface area contributed by atoms with Gasteiger partial charge in [0, 0.05) is 11.8 Å². The smallest absolute Gasteiger partial charge is 0.304 e. The molecular weight excluding hydrogens is 220 g/mol. The van der Waals surface area contributed by atoms with Crippen LogP contribution in [0.3, 0.4) is 0 Å². The van der Waals surface area contributed by atoms with Gasteiger partial charge in [-0.25, -0.2) is 0 Å². The minimum absolute atomic E-state index is 0.711. The molecule has 11 heavy (non-hydrogen) atoms. The molecule has 0 saturated carbocycles. The second-order valence-corrected chi connectivity index (χ2v) is 3.58. The number of rotatable bonds is 3. The highest BCUT2D eigenvalue weighted by molar-refractivity contribution is 9.10. The van der Waals surface area contributed by atoms with Gasteiger partial charge in [-0.2, -0.15) is 8.78 Å². The molecule has 0 heterocycles. The predicted molar refractivity (Wildman–Crippen MR) is 41.4 cm³/mol. The summed E-state index contributed by atoms with van der Waals surface area (Å²) in [5.41, 5.74) is 4.84. The largest absolute Gasteiger partial charge is 0.369 e. The van der Waals surface area contributed by atoms with E-state index in [0.717, 1.165) is 0 Å². The third-order valence-electron chi connectivity index (χ3n) is 1.72. The van der Waals surface area contributed by atoms with Gasteiger partial charge >= 0.3 is 4.83 Å². The second kappa shape index (κ2) is 3.47. The molecule has 0 radical (unpaired) electrons. The molecule has 0 aromatic carbocycles. The molecule has 0 saturated heterocycles. The van der Waals surface area contributed by atoms with Crippen LogP contribution in [-0.4, -0.2) is 10.7 Å². The van der Waals surface area contributed by atoms with E-state index in [4.69, 9.17) is 5.73 Å². The van der Waals surface area contributed by atoms with Crippen LogP contribution in [0.1, 0.15) is 13.8 Å². The highest BCUT2D eigenvalue weighted by atomic mass is 79.9. The van der Waals surface area contributed by atoms with Crippen molar-refractivity contribution >= 4 is 21.8 Å². The van der Waals surface area contributed by atoms with E-state index >= 15 is 0 Å². The van der Waals surface area contributed by atoms with Gasteiger partial charge in [0.15, 0.2) is 0 Å². The fourth-order valence-electron chi connectivity index (χ4n) is 0.530. The van der Waals surface area contributed by atoms with Crippen molar-refractivity contribution in [1.29, 1.82) is 0 Å². The van der Waals surface area contributed by atoms with E-state index in [2.05, 4.69) is 15.9 Å². The van der Waals surface area contributed by atoms with E-state index in [9.17, 15) is 13.6 Å². The SMILES string of the molecule is CC(C(N)=O)C(C)C(F)(F)Br. The van der Waals surface area contributed by atoms with Crippen LogP contribution < -0.4 is 5.73 Å². The van der Waals surface area contributed by atoms with Gasteiger partial charge in [-0.15, -0.1) is 0 Å². The summed E-state index contributed by atoms with van der Waals surface area (Å²) in [5, 5.41) is 0. The molecule has 0 rings (SSSR count). The third kappa shape index (κ3) is 3.14. The molecule has 0 aliphatic carbocycles. The summed E-state index contributed by atoms with van der Waals surface area (Å²) in [4.78, 5) is 7.43. The molecule has 0 aromatic rings. The Kier molecular flexibility index (Phi) is 3.41. The average molecular weight is 230 g/mol. The lowest BCUT2D eigenvalue weighted by Crippen LogP contribution is -2.33. The fraction of sp³-hybridized carbons (Fsp3) is 0.833. The second-order valence-electron chi connectivity index (χ2n) is 2.52. The number of hydrogen-bond donors (Lipinski definition) is 1. The lowest BCUT2D eigenvalue weighted by atomic mass is 9.96. The maximum Gasteiger partial charge on any atom is 0.304 e. The Morgan fingerprint density at radius 3 is 2.00 bits per heavy atom. The summed E-state index contributed by atoms with van der Waals surface area (Å²) in [5.74, 6) is -2.62. The Hall–Kier alpha value is -0.190. The first-order valence-electron chi connectivity index (χ1n) is 3.13. The van der Waals surface area contributed by atoms with E-state index in [1.807, 2.05) is 0 Å². The van der Waals surface area contributed by atoms with Gasteiger partial charge in [-0.3, -0.25) is 4.79 Å². The maximum atomic E-state index is 12.4. The summed E-state index contributed by atoms with van der Waals surface area (Å²) in [6.07, 6.45) is 0. The van der Waals surface area contributed by atoms with Gasteiger partial charge in [0.1, 0.15) is 0 Å². The van der Waals surface area contributed by atoms with Crippen LogP contribution in [0.25, 0.3) is 0 Å². The Balaban J connectivity index is 4.25. The topological polar surface area (TPSA) is 43.1 Å². The monoisotopic (exact) mass is 229 g/mol. The van der Waals surface area contributed by atoms with Crippen molar-refractivity contribution in [3.05, 3.63) is 0 Å². The summed E-state index contributed by atoms with van der Waals surface area (Å²) < 4.78 is 24.9. The Bertz CT molecular complexity index is 157. The van der Waals surface area contributed by atoms with Crippen molar-refractivity contribution in [1.82, 2.24) is 0 Å². The summed E-state index contributed by atoms with van der Waals surface area (Å²) in [6.45, 7) is 2.65. The molecule has 0 aromatic heterocycles. The standard InChI is InChI=1S/C6H10BrF2NO/c1-3(5(10)11)4(2)6(7,8)9/h3-4H,1-2H3,(H2,10,11). The zero-order valence-corrected chi connectivity index (χ0v) is 7.86. The number of nitrogens with two attached hydrogens (primary N) is 1. The highest BCUT2D eigenvalue weighted by Gasteiger charge is 2.38. The molecular formula is C6H10BrF2NO. The Labute approximate surface area is 72.3 Å². The molecule has 0 bridgehead atoms. The molecule has 0 aliphatic heterocycles. The van der Waals surface area contributed by atoms with Crippen LogP contribution in [0.2, 0.25) is 0 Å². The van der Waals surface area contributed by atoms with Crippen LogP contribution >= 0.6 is 15.9 Å². The molecule has 2 unspecified atom stereocenters. The predicted octanol–water partition coefficient (Wildman–Crippen LogP) is 1.73. The summed E-state index contributed by atoms with van der Waals surface area (Å²) in [6, 6.07) is 0. The van der Waals surface area contributed by atoms with Gasteiger partial charge in [0.2, 0.25) is 5.91 Å². The Morgan fingerprint density at radius 2 is 1.91 bits per heavy atom. The first kappa shape index (κ1) is 10.8. The van der Waals surface area contributed by atoms with Crippen molar-refractivity contribution in [3.63, 3.8) is 0 Å². The number of primary amides is 1. The lowest BCUT2D eigenvalue weighted by molar-refractivity contribution is -0.125. The van der Waals surface area contributed by atoms with Crippen molar-refractivity contribution in [2.45, 2.75) is 18.7 Å². The molecule has 66 valence electrons. The third-order valence-corrected chi connectivity index (χ3v) is 2.44. The first-order valence-corrected chi connectivity index (χ1v) is 3.92. The molecule has 0 spiro atoms. The van der Waals surface area contributed by atoms with Gasteiger partial charge in [-0.1, -0.05) is 13.8 Å². The zero-order chi connectivity index (χ0) is 9.23. The van der Waals surface area contributed by atoms with E-state index in [-0.39, 0.29) is 0 Å². The average Bonchev–Trinajstić information content (AvgIpc) is 1.82. The normalized spacial score (nSPS) is 17.5. The fourth-order valence-corrected chi connectivity index (χ4v) is 0.926. The van der Waals surface area contributed by atoms with Crippen LogP contribution in [0.5, 0.6) is 0 Å². The van der Waals surface area contributed by atoms with Crippen LogP contribution in [0, 0.1) is 11.8 Å². The number of alkyl halides is 3. The lowest BCUT2D eigenvalue weighted by Gasteiger charge is -2.21. The van der Waals surface area contributed by atoms with Crippen LogP contribution in [0.4, 0.5) is 8.78 Å². The summed E-state index contributed by atoms with van der Waals surface area (Å²) >= 11 is 2.17. The van der Waals surface area contributed by atoms with Crippen LogP contribution in [0.15, 0.2) is 0 Å². The minimum Gasteiger partial charge on any atom is -0.369 e. The minimum atomic E-state index is -3.03. The molecule has 2 nitrogen and oxygen atoms in total. The van der Waals surface area contributed by atoms with Crippen molar-refractivity contribution in [2.24, 2.45) is 17.6 Å². The number of carbonyl (C=O) groups is 1.